The fraction of sp³-hybridized carbons (Fsp3) is 0.600. The van der Waals surface area contributed by atoms with Gasteiger partial charge in [-0.2, -0.15) is 0 Å². The van der Waals surface area contributed by atoms with Gasteiger partial charge in [0.05, 0.1) is 33.4 Å². The first-order valence-electron chi connectivity index (χ1n) is 11.3. The zero-order chi connectivity index (χ0) is 23.2. The van der Waals surface area contributed by atoms with Crippen LogP contribution in [0.25, 0.3) is 0 Å². The van der Waals surface area contributed by atoms with Crippen molar-refractivity contribution in [3.05, 3.63) is 36.4 Å². The van der Waals surface area contributed by atoms with E-state index >= 15 is 0 Å². The summed E-state index contributed by atoms with van der Waals surface area (Å²) in [6.07, 6.45) is 10.6. The lowest BCUT2D eigenvalue weighted by atomic mass is 9.72. The Morgan fingerprint density at radius 1 is 0.906 bits per heavy atom. The van der Waals surface area contributed by atoms with Gasteiger partial charge in [-0.1, -0.05) is 38.2 Å². The van der Waals surface area contributed by atoms with E-state index in [0.717, 1.165) is 50.0 Å². The lowest BCUT2D eigenvalue weighted by Crippen LogP contribution is -2.38. The van der Waals surface area contributed by atoms with Gasteiger partial charge >= 0.3 is 12.1 Å². The minimum absolute atomic E-state index is 0.240. The monoisotopic (exact) mass is 448 g/mol. The van der Waals surface area contributed by atoms with Crippen molar-refractivity contribution in [3.8, 4) is 11.5 Å². The molecule has 0 aliphatic heterocycles. The third-order valence-electron chi connectivity index (χ3n) is 5.86. The number of hydrogen-bond donors (Lipinski definition) is 0. The largest absolute Gasteiger partial charge is 0.508 e. The smallest absolute Gasteiger partial charge is 0.497 e. The van der Waals surface area contributed by atoms with Crippen molar-refractivity contribution >= 4 is 12.1 Å². The number of rotatable bonds is 13. The maximum absolute atomic E-state index is 12.5. The van der Waals surface area contributed by atoms with Gasteiger partial charge in [0.2, 0.25) is 0 Å². The van der Waals surface area contributed by atoms with Crippen molar-refractivity contribution in [2.24, 2.45) is 5.41 Å². The van der Waals surface area contributed by atoms with E-state index in [1.54, 1.807) is 7.11 Å². The van der Waals surface area contributed by atoms with Gasteiger partial charge in [0, 0.05) is 6.42 Å². The SMILES string of the molecule is COC(=O)OC1C=CCC(CCCCCCCCOc2ccc(OC)cc2)(C(=O)OC)C1. The first kappa shape index (κ1) is 25.6. The van der Waals surface area contributed by atoms with E-state index in [0.29, 0.717) is 25.9 Å². The molecule has 0 spiro atoms. The van der Waals surface area contributed by atoms with Gasteiger partial charge in [-0.25, -0.2) is 4.79 Å². The highest BCUT2D eigenvalue weighted by molar-refractivity contribution is 5.77. The molecular weight excluding hydrogens is 412 g/mol. The molecular formula is C25H36O7. The first-order valence-corrected chi connectivity index (χ1v) is 11.3. The lowest BCUT2D eigenvalue weighted by molar-refractivity contribution is -0.155. The van der Waals surface area contributed by atoms with E-state index in [9.17, 15) is 9.59 Å². The third kappa shape index (κ3) is 8.09. The van der Waals surface area contributed by atoms with Crippen LogP contribution < -0.4 is 9.47 Å². The van der Waals surface area contributed by atoms with Crippen molar-refractivity contribution < 1.29 is 33.3 Å². The van der Waals surface area contributed by atoms with Gasteiger partial charge < -0.3 is 23.7 Å². The van der Waals surface area contributed by atoms with E-state index in [1.165, 1.54) is 14.2 Å². The highest BCUT2D eigenvalue weighted by atomic mass is 16.7. The molecule has 2 unspecified atom stereocenters. The fourth-order valence-electron chi connectivity index (χ4n) is 4.06. The van der Waals surface area contributed by atoms with E-state index < -0.39 is 17.7 Å². The van der Waals surface area contributed by atoms with Gasteiger partial charge in [0.1, 0.15) is 17.6 Å². The average Bonchev–Trinajstić information content (AvgIpc) is 2.82. The predicted octanol–water partition coefficient (Wildman–Crippen LogP) is 5.47. The standard InChI is InChI=1S/C25H36O7/c1-28-20-12-14-21(15-13-20)31-18-9-7-5-4-6-8-16-25(23(26)29-2)17-10-11-22(19-25)32-24(27)30-3/h10-15,22H,4-9,16-19H2,1-3H3. The van der Waals surface area contributed by atoms with E-state index in [-0.39, 0.29) is 5.97 Å². The maximum Gasteiger partial charge on any atom is 0.508 e. The predicted molar refractivity (Wildman–Crippen MR) is 121 cm³/mol. The molecule has 2 atom stereocenters. The van der Waals surface area contributed by atoms with Gasteiger partial charge in [0.25, 0.3) is 0 Å². The van der Waals surface area contributed by atoms with Gasteiger partial charge in [-0.15, -0.1) is 0 Å². The average molecular weight is 449 g/mol. The summed E-state index contributed by atoms with van der Waals surface area (Å²) in [5.41, 5.74) is -0.644. The normalized spacial score (nSPS) is 19.8. The van der Waals surface area contributed by atoms with E-state index in [4.69, 9.17) is 18.9 Å². The van der Waals surface area contributed by atoms with Crippen molar-refractivity contribution in [3.63, 3.8) is 0 Å². The van der Waals surface area contributed by atoms with Crippen LogP contribution in [0.3, 0.4) is 0 Å². The first-order chi connectivity index (χ1) is 15.5. The van der Waals surface area contributed by atoms with Crippen molar-refractivity contribution in [2.75, 3.05) is 27.9 Å². The van der Waals surface area contributed by atoms with Crippen LogP contribution in [-0.4, -0.2) is 46.2 Å². The molecule has 0 aromatic heterocycles. The molecule has 32 heavy (non-hydrogen) atoms. The Kier molecular flexibility index (Phi) is 10.9. The molecule has 0 fully saturated rings. The Bertz CT molecular complexity index is 728. The summed E-state index contributed by atoms with van der Waals surface area (Å²) in [5, 5.41) is 0. The van der Waals surface area contributed by atoms with Crippen LogP contribution in [0.4, 0.5) is 4.79 Å². The molecule has 0 bridgehead atoms. The number of unbranched alkanes of at least 4 members (excludes halogenated alkanes) is 5. The second-order valence-electron chi connectivity index (χ2n) is 8.11. The molecule has 7 heteroatoms. The second-order valence-corrected chi connectivity index (χ2v) is 8.11. The van der Waals surface area contributed by atoms with Gasteiger partial charge in [-0.05, 0) is 49.6 Å². The molecule has 0 radical (unpaired) electrons. The highest BCUT2D eigenvalue weighted by Crippen LogP contribution is 2.40. The highest BCUT2D eigenvalue weighted by Gasteiger charge is 2.42. The van der Waals surface area contributed by atoms with Crippen molar-refractivity contribution in [1.82, 2.24) is 0 Å². The number of hydrogen-bond acceptors (Lipinski definition) is 7. The summed E-state index contributed by atoms with van der Waals surface area (Å²) in [4.78, 5) is 24.0. The van der Waals surface area contributed by atoms with Crippen LogP contribution in [-0.2, 0) is 19.0 Å². The molecule has 7 nitrogen and oxygen atoms in total. The van der Waals surface area contributed by atoms with Crippen LogP contribution in [0, 0.1) is 5.41 Å². The molecule has 1 aliphatic rings. The Labute approximate surface area is 191 Å². The Morgan fingerprint density at radius 3 is 2.22 bits per heavy atom. The van der Waals surface area contributed by atoms with Gasteiger partial charge in [0.15, 0.2) is 0 Å². The summed E-state index contributed by atoms with van der Waals surface area (Å²) in [6, 6.07) is 7.61. The fourth-order valence-corrected chi connectivity index (χ4v) is 4.06. The number of ether oxygens (including phenoxy) is 5. The van der Waals surface area contributed by atoms with Crippen LogP contribution in [0.15, 0.2) is 36.4 Å². The number of esters is 1. The number of benzene rings is 1. The summed E-state index contributed by atoms with van der Waals surface area (Å²) in [7, 11) is 4.33. The number of carbonyl (C=O) groups excluding carboxylic acids is 2. The molecule has 1 aromatic rings. The van der Waals surface area contributed by atoms with E-state index in [1.807, 2.05) is 36.4 Å². The van der Waals surface area contributed by atoms with Crippen molar-refractivity contribution in [1.29, 1.82) is 0 Å². The van der Waals surface area contributed by atoms with Crippen LogP contribution >= 0.6 is 0 Å². The molecule has 0 amide bonds. The molecule has 1 aromatic carbocycles. The zero-order valence-corrected chi connectivity index (χ0v) is 19.5. The molecule has 0 saturated carbocycles. The molecule has 0 saturated heterocycles. The minimum atomic E-state index is -0.740. The van der Waals surface area contributed by atoms with Gasteiger partial charge in [-0.3, -0.25) is 4.79 Å². The van der Waals surface area contributed by atoms with Crippen LogP contribution in [0.1, 0.15) is 57.8 Å². The summed E-state index contributed by atoms with van der Waals surface area (Å²) in [5.74, 6) is 1.44. The second kappa shape index (κ2) is 13.7. The summed E-state index contributed by atoms with van der Waals surface area (Å²) in [6.45, 7) is 0.700. The molecule has 0 heterocycles. The number of allylic oxidation sites excluding steroid dienone is 1. The minimum Gasteiger partial charge on any atom is -0.497 e. The van der Waals surface area contributed by atoms with E-state index in [2.05, 4.69) is 4.74 Å². The van der Waals surface area contributed by atoms with Crippen LogP contribution in [0.5, 0.6) is 11.5 Å². The summed E-state index contributed by atoms with van der Waals surface area (Å²) >= 11 is 0. The maximum atomic E-state index is 12.5. The Hall–Kier alpha value is -2.70. The molecule has 0 N–H and O–H groups in total. The third-order valence-corrected chi connectivity index (χ3v) is 5.86. The van der Waals surface area contributed by atoms with Crippen molar-refractivity contribution in [2.45, 2.75) is 63.9 Å². The quantitative estimate of drug-likeness (QED) is 0.225. The molecule has 1 aliphatic carbocycles. The topological polar surface area (TPSA) is 80.3 Å². The molecule has 2 rings (SSSR count). The Morgan fingerprint density at radius 2 is 1.56 bits per heavy atom. The van der Waals surface area contributed by atoms with Crippen LogP contribution in [0.2, 0.25) is 0 Å². The number of methoxy groups -OCH3 is 3. The Balaban J connectivity index is 1.64. The molecule has 178 valence electrons. The zero-order valence-electron chi connectivity index (χ0n) is 19.5. The number of carbonyl (C=O) groups is 2. The summed E-state index contributed by atoms with van der Waals surface area (Å²) < 4.78 is 25.8. The lowest BCUT2D eigenvalue weighted by Gasteiger charge is -2.35.